The topological polar surface area (TPSA) is 69.9 Å². The highest BCUT2D eigenvalue weighted by Gasteiger charge is 2.11. The van der Waals surface area contributed by atoms with Crippen LogP contribution in [-0.2, 0) is 13.5 Å². The molecule has 0 fully saturated rings. The largest absolute Gasteiger partial charge is 0.399 e. The van der Waals surface area contributed by atoms with Gasteiger partial charge in [-0.05, 0) is 29.8 Å². The molecule has 0 unspecified atom stereocenters. The predicted octanol–water partition coefficient (Wildman–Crippen LogP) is 2.25. The number of nitrogen functional groups attached to an aromatic ring is 1. The Balaban J connectivity index is 1.82. The van der Waals surface area contributed by atoms with E-state index in [1.54, 1.807) is 0 Å². The van der Waals surface area contributed by atoms with Crippen LogP contribution in [-0.4, -0.2) is 14.7 Å². The first kappa shape index (κ1) is 11.5. The molecule has 0 saturated carbocycles. The van der Waals surface area contributed by atoms with E-state index in [1.165, 1.54) is 0 Å². The van der Waals surface area contributed by atoms with Gasteiger partial charge in [0.2, 0.25) is 11.7 Å². The monoisotopic (exact) mass is 254 g/mol. The van der Waals surface area contributed by atoms with Gasteiger partial charge in [0, 0.05) is 18.9 Å². The van der Waals surface area contributed by atoms with E-state index in [0.717, 1.165) is 16.9 Å². The summed E-state index contributed by atoms with van der Waals surface area (Å²) in [6.07, 6.45) is 2.56. The molecule has 0 aliphatic carbocycles. The van der Waals surface area contributed by atoms with Crippen LogP contribution in [0.1, 0.15) is 11.5 Å². The summed E-state index contributed by atoms with van der Waals surface area (Å²) in [4.78, 5) is 4.40. The van der Waals surface area contributed by atoms with E-state index in [1.807, 2.05) is 54.2 Å². The molecule has 0 bridgehead atoms. The minimum atomic E-state index is 0.598. The van der Waals surface area contributed by atoms with Crippen molar-refractivity contribution < 1.29 is 4.52 Å². The molecule has 2 N–H and O–H groups in total. The van der Waals surface area contributed by atoms with Crippen LogP contribution >= 0.6 is 0 Å². The number of hydrogen-bond donors (Lipinski definition) is 1. The van der Waals surface area contributed by atoms with E-state index in [-0.39, 0.29) is 0 Å². The fraction of sp³-hybridized carbons (Fsp3) is 0.143. The maximum atomic E-state index is 5.65. The molecule has 0 spiro atoms. The fourth-order valence-electron chi connectivity index (χ4n) is 1.93. The number of anilines is 1. The van der Waals surface area contributed by atoms with Gasteiger partial charge in [0.15, 0.2) is 0 Å². The second-order valence-electron chi connectivity index (χ2n) is 4.43. The lowest BCUT2D eigenvalue weighted by atomic mass is 10.1. The Kier molecular flexibility index (Phi) is 2.79. The van der Waals surface area contributed by atoms with Gasteiger partial charge in [0.1, 0.15) is 0 Å². The summed E-state index contributed by atoms with van der Waals surface area (Å²) in [5, 5.41) is 4.00. The molecule has 1 aromatic carbocycles. The molecule has 0 radical (unpaired) electrons. The Morgan fingerprint density at radius 2 is 2.00 bits per heavy atom. The van der Waals surface area contributed by atoms with Crippen LogP contribution in [0, 0.1) is 0 Å². The van der Waals surface area contributed by atoms with Gasteiger partial charge in [-0.3, -0.25) is 0 Å². The van der Waals surface area contributed by atoms with Crippen molar-refractivity contribution in [2.45, 2.75) is 6.42 Å². The number of hydrogen-bond acceptors (Lipinski definition) is 4. The SMILES string of the molecule is Cn1cccc1-c1noc(Cc2ccc(N)cc2)n1. The Morgan fingerprint density at radius 1 is 1.21 bits per heavy atom. The van der Waals surface area contributed by atoms with Crippen molar-refractivity contribution in [1.29, 1.82) is 0 Å². The zero-order valence-corrected chi connectivity index (χ0v) is 10.6. The molecule has 2 aromatic heterocycles. The van der Waals surface area contributed by atoms with Gasteiger partial charge >= 0.3 is 0 Å². The minimum Gasteiger partial charge on any atom is -0.399 e. The van der Waals surface area contributed by atoms with Gasteiger partial charge in [-0.25, -0.2) is 0 Å². The van der Waals surface area contributed by atoms with Crippen LogP contribution in [0.4, 0.5) is 5.69 Å². The first-order valence-electron chi connectivity index (χ1n) is 6.01. The average molecular weight is 254 g/mol. The highest BCUT2D eigenvalue weighted by Crippen LogP contribution is 2.17. The van der Waals surface area contributed by atoms with Crippen LogP contribution in [0.25, 0.3) is 11.5 Å². The second-order valence-corrected chi connectivity index (χ2v) is 4.43. The molecule has 0 aliphatic rings. The summed E-state index contributed by atoms with van der Waals surface area (Å²) < 4.78 is 7.23. The molecule has 0 amide bonds. The lowest BCUT2D eigenvalue weighted by Gasteiger charge is -1.97. The van der Waals surface area contributed by atoms with Crippen molar-refractivity contribution in [3.63, 3.8) is 0 Å². The van der Waals surface area contributed by atoms with Crippen LogP contribution in [0.15, 0.2) is 47.1 Å². The maximum absolute atomic E-state index is 5.65. The van der Waals surface area contributed by atoms with Crippen molar-refractivity contribution in [2.24, 2.45) is 7.05 Å². The van der Waals surface area contributed by atoms with Crippen molar-refractivity contribution in [3.8, 4) is 11.5 Å². The Hall–Kier alpha value is -2.56. The summed E-state index contributed by atoms with van der Waals surface area (Å²) in [5.74, 6) is 1.21. The summed E-state index contributed by atoms with van der Waals surface area (Å²) >= 11 is 0. The van der Waals surface area contributed by atoms with E-state index in [2.05, 4.69) is 10.1 Å². The molecular weight excluding hydrogens is 240 g/mol. The molecule has 2 heterocycles. The zero-order valence-electron chi connectivity index (χ0n) is 10.6. The van der Waals surface area contributed by atoms with E-state index >= 15 is 0 Å². The van der Waals surface area contributed by atoms with E-state index in [0.29, 0.717) is 18.1 Å². The molecule has 0 aliphatic heterocycles. The maximum Gasteiger partial charge on any atom is 0.231 e. The first-order chi connectivity index (χ1) is 9.22. The highest BCUT2D eigenvalue weighted by molar-refractivity contribution is 5.49. The highest BCUT2D eigenvalue weighted by atomic mass is 16.5. The van der Waals surface area contributed by atoms with Gasteiger partial charge in [-0.1, -0.05) is 17.3 Å². The molecule has 3 aromatic rings. The molecule has 5 nitrogen and oxygen atoms in total. The van der Waals surface area contributed by atoms with E-state index in [4.69, 9.17) is 10.3 Å². The van der Waals surface area contributed by atoms with Crippen molar-refractivity contribution >= 4 is 5.69 Å². The Bertz CT molecular complexity index is 682. The number of nitrogens with two attached hydrogens (primary N) is 1. The summed E-state index contributed by atoms with van der Waals surface area (Å²) in [5.41, 5.74) is 8.43. The number of aryl methyl sites for hydroxylation is 1. The van der Waals surface area contributed by atoms with Gasteiger partial charge in [0.05, 0.1) is 12.1 Å². The quantitative estimate of drug-likeness (QED) is 0.728. The predicted molar refractivity (Wildman–Crippen MR) is 72.4 cm³/mol. The Labute approximate surface area is 110 Å². The molecule has 19 heavy (non-hydrogen) atoms. The number of benzene rings is 1. The van der Waals surface area contributed by atoms with Crippen LogP contribution in [0.5, 0.6) is 0 Å². The zero-order chi connectivity index (χ0) is 13.2. The average Bonchev–Trinajstić information content (AvgIpc) is 3.01. The Morgan fingerprint density at radius 3 is 2.68 bits per heavy atom. The van der Waals surface area contributed by atoms with Gasteiger partial charge in [-0.15, -0.1) is 0 Å². The normalized spacial score (nSPS) is 10.8. The van der Waals surface area contributed by atoms with Crippen molar-refractivity contribution in [3.05, 3.63) is 54.0 Å². The lowest BCUT2D eigenvalue weighted by Crippen LogP contribution is -1.92. The van der Waals surface area contributed by atoms with Crippen LogP contribution in [0.3, 0.4) is 0 Å². The van der Waals surface area contributed by atoms with Crippen LogP contribution in [0.2, 0.25) is 0 Å². The molecular formula is C14H14N4O. The second kappa shape index (κ2) is 4.61. The standard InChI is InChI=1S/C14H14N4O/c1-18-8-2-3-12(18)14-16-13(19-17-14)9-10-4-6-11(15)7-5-10/h2-8H,9,15H2,1H3. The van der Waals surface area contributed by atoms with Gasteiger partial charge < -0.3 is 14.8 Å². The third-order valence-electron chi connectivity index (χ3n) is 2.98. The molecule has 3 rings (SSSR count). The number of nitrogens with zero attached hydrogens (tertiary/aromatic N) is 3. The van der Waals surface area contributed by atoms with Crippen LogP contribution < -0.4 is 5.73 Å². The number of aromatic nitrogens is 3. The molecule has 0 saturated heterocycles. The molecule has 0 atom stereocenters. The smallest absolute Gasteiger partial charge is 0.231 e. The van der Waals surface area contributed by atoms with Crippen molar-refractivity contribution in [1.82, 2.24) is 14.7 Å². The summed E-state index contributed by atoms with van der Waals surface area (Å²) in [6, 6.07) is 11.6. The van der Waals surface area contributed by atoms with E-state index in [9.17, 15) is 0 Å². The van der Waals surface area contributed by atoms with E-state index < -0.39 is 0 Å². The van der Waals surface area contributed by atoms with Gasteiger partial charge in [0.25, 0.3) is 0 Å². The molecule has 96 valence electrons. The lowest BCUT2D eigenvalue weighted by molar-refractivity contribution is 0.385. The molecule has 5 heteroatoms. The summed E-state index contributed by atoms with van der Waals surface area (Å²) in [6.45, 7) is 0. The first-order valence-corrected chi connectivity index (χ1v) is 6.01. The minimum absolute atomic E-state index is 0.598. The number of rotatable bonds is 3. The third-order valence-corrected chi connectivity index (χ3v) is 2.98. The summed E-state index contributed by atoms with van der Waals surface area (Å²) in [7, 11) is 1.95. The third kappa shape index (κ3) is 2.35. The van der Waals surface area contributed by atoms with Crippen molar-refractivity contribution in [2.75, 3.05) is 5.73 Å². The fourth-order valence-corrected chi connectivity index (χ4v) is 1.93. The van der Waals surface area contributed by atoms with Gasteiger partial charge in [-0.2, -0.15) is 4.98 Å².